The van der Waals surface area contributed by atoms with Gasteiger partial charge in [0, 0.05) is 0 Å². The molecule has 0 saturated heterocycles. The van der Waals surface area contributed by atoms with Gasteiger partial charge in [-0.05, 0) is 19.4 Å². The summed E-state index contributed by atoms with van der Waals surface area (Å²) in [7, 11) is 0. The summed E-state index contributed by atoms with van der Waals surface area (Å²) >= 11 is 0. The molecule has 0 aliphatic rings. The minimum atomic E-state index is 0. The van der Waals surface area contributed by atoms with E-state index in [-0.39, 0.29) is 14.9 Å². The maximum Gasteiger partial charge on any atom is -0.0351 e. The number of rotatable bonds is 0. The van der Waals surface area contributed by atoms with E-state index in [0.29, 0.717) is 0 Å². The molecule has 0 saturated carbocycles. The second-order valence-electron chi connectivity index (χ2n) is 1.43. The van der Waals surface area contributed by atoms with Crippen molar-refractivity contribution in [2.45, 2.75) is 84.1 Å². The van der Waals surface area contributed by atoms with Crippen LogP contribution in [0.15, 0.2) is 129 Å². The Morgan fingerprint density at radius 2 is 0.406 bits per heavy atom. The SMILES string of the molecule is C.C.C=C.C=C.C=C.C=C.C=C.C=C.C=C.C=C=C.C=C=C(C)C.CC.CC.CC.CC. The van der Waals surface area contributed by atoms with Crippen LogP contribution in [0.5, 0.6) is 0 Å². The topological polar surface area (TPSA) is 0 Å². The Balaban J connectivity index is -0.00000000763. The third-order valence-electron chi connectivity index (χ3n) is 0.354. The fourth-order valence-corrected chi connectivity index (χ4v) is 0. The van der Waals surface area contributed by atoms with Gasteiger partial charge in [-0.15, -0.1) is 104 Å². The summed E-state index contributed by atoms with van der Waals surface area (Å²) < 4.78 is 0. The van der Waals surface area contributed by atoms with Crippen LogP contribution in [0.25, 0.3) is 0 Å². The van der Waals surface area contributed by atoms with Crippen molar-refractivity contribution in [3.8, 4) is 0 Å². The van der Waals surface area contributed by atoms with Crippen molar-refractivity contribution in [2.24, 2.45) is 0 Å². The summed E-state index contributed by atoms with van der Waals surface area (Å²) in [4.78, 5) is 0. The van der Waals surface area contributed by atoms with Crippen LogP contribution in [0.4, 0.5) is 0 Å². The standard InChI is InChI=1S/C5H8.C3H4.4C2H6.7C2H4.2CH4/c1-4-5(2)3;1-3-2;11*1-2;;/h1H2,2-3H3;1-2H2;4*1-2H3;7*1-2H2;2*1H4. The van der Waals surface area contributed by atoms with Gasteiger partial charge in [0.25, 0.3) is 0 Å². The number of hydrogen-bond acceptors (Lipinski definition) is 0. The fourth-order valence-electron chi connectivity index (χ4n) is 0. The van der Waals surface area contributed by atoms with Crippen LogP contribution in [0.3, 0.4) is 0 Å². The second kappa shape index (κ2) is 4240. The fraction of sp³-hybridized carbons (Fsp3) is 0.375. The zero-order chi connectivity index (χ0) is 29.0. The normalized spacial score (nSPS) is 2.81. The van der Waals surface area contributed by atoms with Gasteiger partial charge in [-0.3, -0.25) is 0 Å². The van der Waals surface area contributed by atoms with E-state index in [4.69, 9.17) is 0 Å². The van der Waals surface area contributed by atoms with E-state index >= 15 is 0 Å². The Hall–Kier alpha value is -2.78. The average molecular weight is 457 g/mol. The molecule has 0 fully saturated rings. The van der Waals surface area contributed by atoms with Crippen LogP contribution in [0.1, 0.15) is 84.1 Å². The molecule has 32 heavy (non-hydrogen) atoms. The van der Waals surface area contributed by atoms with E-state index < -0.39 is 0 Å². The molecule has 0 aromatic heterocycles. The lowest BCUT2D eigenvalue weighted by Crippen LogP contribution is -1.47. The highest BCUT2D eigenvalue weighted by Gasteiger charge is 1.57. The summed E-state index contributed by atoms with van der Waals surface area (Å²) in [6, 6.07) is 0. The first-order chi connectivity index (χ1) is 14.7. The third kappa shape index (κ3) is 30800. The summed E-state index contributed by atoms with van der Waals surface area (Å²) in [5.74, 6) is 0. The smallest absolute Gasteiger partial charge is 0.0351 e. The Bertz CT molecular complexity index is 174. The molecular formula is C32H72. The number of hydrogen-bond donors (Lipinski definition) is 0. The van der Waals surface area contributed by atoms with Crippen molar-refractivity contribution >= 4 is 0 Å². The van der Waals surface area contributed by atoms with Gasteiger partial charge in [0.05, 0.1) is 0 Å². The molecule has 0 atom stereocenters. The van der Waals surface area contributed by atoms with Crippen molar-refractivity contribution in [3.63, 3.8) is 0 Å². The molecule has 0 bridgehead atoms. The lowest BCUT2D eigenvalue weighted by atomic mass is 10.4. The summed E-state index contributed by atoms with van der Waals surface area (Å²) in [5, 5.41) is 0. The molecule has 200 valence electrons. The van der Waals surface area contributed by atoms with Gasteiger partial charge >= 0.3 is 0 Å². The molecule has 0 aliphatic carbocycles. The van der Waals surface area contributed by atoms with Crippen molar-refractivity contribution < 1.29 is 0 Å². The molecule has 0 N–H and O–H groups in total. The Labute approximate surface area is 213 Å². The third-order valence-corrected chi connectivity index (χ3v) is 0.354. The highest BCUT2D eigenvalue weighted by Crippen LogP contribution is 1.77. The van der Waals surface area contributed by atoms with Crippen molar-refractivity contribution in [1.29, 1.82) is 0 Å². The van der Waals surface area contributed by atoms with Crippen LogP contribution < -0.4 is 0 Å². The van der Waals surface area contributed by atoms with Crippen LogP contribution in [-0.2, 0) is 0 Å². The quantitative estimate of drug-likeness (QED) is 0.251. The molecule has 0 rings (SSSR count). The molecule has 0 unspecified atom stereocenters. The first-order valence-electron chi connectivity index (χ1n) is 9.81. The molecule has 0 radical (unpaired) electrons. The van der Waals surface area contributed by atoms with Gasteiger partial charge in [0.2, 0.25) is 0 Å². The van der Waals surface area contributed by atoms with Gasteiger partial charge in [0.15, 0.2) is 0 Å². The maximum atomic E-state index is 3.40. The second-order valence-corrected chi connectivity index (χ2v) is 1.43. The zero-order valence-electron chi connectivity index (χ0n) is 23.5. The Morgan fingerprint density at radius 1 is 0.375 bits per heavy atom. The van der Waals surface area contributed by atoms with Gasteiger partial charge in [-0.2, -0.15) is 0 Å². The first kappa shape index (κ1) is 115. The van der Waals surface area contributed by atoms with Gasteiger partial charge in [-0.1, -0.05) is 90.0 Å². The van der Waals surface area contributed by atoms with E-state index in [1.54, 1.807) is 0 Å². The van der Waals surface area contributed by atoms with Crippen molar-refractivity contribution in [2.75, 3.05) is 0 Å². The van der Waals surface area contributed by atoms with Crippen LogP contribution >= 0.6 is 0 Å². The molecule has 0 aliphatic heterocycles. The monoisotopic (exact) mass is 457 g/mol. The molecule has 0 aromatic rings. The summed E-state index contributed by atoms with van der Waals surface area (Å²) in [6.07, 6.45) is 0. The van der Waals surface area contributed by atoms with Crippen LogP contribution in [-0.4, -0.2) is 0 Å². The van der Waals surface area contributed by atoms with Gasteiger partial charge < -0.3 is 0 Å². The first-order valence-corrected chi connectivity index (χ1v) is 9.81. The summed E-state index contributed by atoms with van der Waals surface area (Å²) in [5.41, 5.74) is 6.09. The molecule has 0 heterocycles. The van der Waals surface area contributed by atoms with Crippen LogP contribution in [0.2, 0.25) is 0 Å². The number of allylic oxidation sites excluding steroid dienone is 1. The molecule has 0 spiro atoms. The minimum Gasteiger partial charge on any atom is -0.137 e. The Morgan fingerprint density at radius 3 is 0.406 bits per heavy atom. The zero-order valence-corrected chi connectivity index (χ0v) is 23.5. The molecule has 0 nitrogen and oxygen atoms in total. The molecule has 0 amide bonds. The predicted molar refractivity (Wildman–Crippen MR) is 176 cm³/mol. The van der Waals surface area contributed by atoms with Crippen molar-refractivity contribution in [3.05, 3.63) is 129 Å². The van der Waals surface area contributed by atoms with Crippen molar-refractivity contribution in [1.82, 2.24) is 0 Å². The predicted octanol–water partition coefficient (Wildman–Crippen LogP) is 13.7. The lowest BCUT2D eigenvalue weighted by molar-refractivity contribution is 1.41. The average Bonchev–Trinajstić information content (AvgIpc) is 2.92. The van der Waals surface area contributed by atoms with E-state index in [1.807, 2.05) is 69.2 Å². The highest BCUT2D eigenvalue weighted by atomic mass is 13.6. The van der Waals surface area contributed by atoms with E-state index in [9.17, 15) is 0 Å². The highest BCUT2D eigenvalue weighted by molar-refractivity contribution is 4.87. The Kier molecular flexibility index (Phi) is 15300. The van der Waals surface area contributed by atoms with E-state index in [2.05, 4.69) is 123 Å². The van der Waals surface area contributed by atoms with E-state index in [0.717, 1.165) is 5.57 Å². The minimum absolute atomic E-state index is 0. The van der Waals surface area contributed by atoms with Gasteiger partial charge in [0.1, 0.15) is 0 Å². The largest absolute Gasteiger partial charge is 0.137 e. The maximum absolute atomic E-state index is 3.40. The van der Waals surface area contributed by atoms with Crippen LogP contribution in [0, 0.1) is 0 Å². The summed E-state index contributed by atoms with van der Waals surface area (Å²) in [6.45, 7) is 71.6. The van der Waals surface area contributed by atoms with Gasteiger partial charge in [-0.25, -0.2) is 0 Å². The molecule has 0 heteroatoms. The molecule has 0 aromatic carbocycles. The lowest BCUT2D eigenvalue weighted by Gasteiger charge is -1.67. The van der Waals surface area contributed by atoms with E-state index in [1.165, 1.54) is 0 Å². The molecular weight excluding hydrogens is 384 g/mol.